The maximum absolute atomic E-state index is 13.0. The monoisotopic (exact) mass is 180 g/mol. The van der Waals surface area contributed by atoms with E-state index in [0.717, 1.165) is 0 Å². The molecule has 2 unspecified atom stereocenters. The average Bonchev–Trinajstić information content (AvgIpc) is 2.80. The summed E-state index contributed by atoms with van der Waals surface area (Å²) in [5, 5.41) is 0. The van der Waals surface area contributed by atoms with E-state index < -0.39 is 17.5 Å². The first-order valence-electron chi connectivity index (χ1n) is 4.03. The molecule has 1 fully saturated rings. The third-order valence-electron chi connectivity index (χ3n) is 2.44. The number of primary amides is 1. The third-order valence-corrected chi connectivity index (χ3v) is 2.44. The van der Waals surface area contributed by atoms with Gasteiger partial charge >= 0.3 is 0 Å². The van der Waals surface area contributed by atoms with Crippen molar-refractivity contribution < 1.29 is 9.18 Å². The van der Waals surface area contributed by atoms with Crippen LogP contribution in [0.5, 0.6) is 0 Å². The molecule has 1 aliphatic carbocycles. The van der Waals surface area contributed by atoms with Gasteiger partial charge in [-0.05, 0) is 12.1 Å². The summed E-state index contributed by atoms with van der Waals surface area (Å²) in [5.41, 5.74) is 4.44. The highest BCUT2D eigenvalue weighted by Gasteiger charge is 2.62. The molecule has 0 bridgehead atoms. The summed E-state index contributed by atoms with van der Waals surface area (Å²) in [6, 6.07) is 5.07. The Bertz CT molecular complexity index is 341. The number of nitrogens with two attached hydrogens (primary N) is 1. The Balaban J connectivity index is 2.40. The Hall–Kier alpha value is -1.45. The van der Waals surface area contributed by atoms with Gasteiger partial charge in [0.1, 0.15) is 11.6 Å². The number of pyridine rings is 1. The molecule has 0 aliphatic heterocycles. The first-order valence-corrected chi connectivity index (χ1v) is 4.03. The van der Waals surface area contributed by atoms with Gasteiger partial charge in [0.2, 0.25) is 5.91 Å². The predicted octanol–water partition coefficient (Wildman–Crippen LogP) is 0.546. The summed E-state index contributed by atoms with van der Waals surface area (Å²) in [5.74, 6) is -0.626. The van der Waals surface area contributed by atoms with Crippen LogP contribution in [0.25, 0.3) is 0 Å². The zero-order valence-corrected chi connectivity index (χ0v) is 6.90. The standard InChI is InChI=1S/C9H9FN2O/c10-6-5-9(6,8(11)13)7-3-1-2-4-12-7/h1-4,6H,5H2,(H2,11,13). The molecule has 2 N–H and O–H groups in total. The number of carbonyl (C=O) groups excluding carboxylic acids is 1. The number of rotatable bonds is 2. The van der Waals surface area contributed by atoms with Gasteiger partial charge in [-0.3, -0.25) is 9.78 Å². The van der Waals surface area contributed by atoms with Crippen molar-refractivity contribution in [2.24, 2.45) is 5.73 Å². The zero-order chi connectivity index (χ0) is 9.47. The lowest BCUT2D eigenvalue weighted by molar-refractivity contribution is -0.120. The fourth-order valence-corrected chi connectivity index (χ4v) is 1.50. The smallest absolute Gasteiger partial charge is 0.232 e. The van der Waals surface area contributed by atoms with Gasteiger partial charge in [0.15, 0.2) is 0 Å². The molecule has 1 aliphatic rings. The second-order valence-corrected chi connectivity index (χ2v) is 3.22. The van der Waals surface area contributed by atoms with Crippen LogP contribution in [-0.2, 0) is 10.2 Å². The molecule has 1 saturated carbocycles. The fraction of sp³-hybridized carbons (Fsp3) is 0.333. The van der Waals surface area contributed by atoms with Crippen molar-refractivity contribution in [3.8, 4) is 0 Å². The van der Waals surface area contributed by atoms with Crippen molar-refractivity contribution in [3.05, 3.63) is 30.1 Å². The molecular weight excluding hydrogens is 171 g/mol. The van der Waals surface area contributed by atoms with Gasteiger partial charge in [-0.2, -0.15) is 0 Å². The van der Waals surface area contributed by atoms with E-state index in [9.17, 15) is 9.18 Å². The van der Waals surface area contributed by atoms with Gasteiger partial charge < -0.3 is 5.73 Å². The molecule has 4 heteroatoms. The SMILES string of the molecule is NC(=O)C1(c2ccccn2)CC1F. The van der Waals surface area contributed by atoms with E-state index in [0.29, 0.717) is 5.69 Å². The molecule has 13 heavy (non-hydrogen) atoms. The van der Waals surface area contributed by atoms with Gasteiger partial charge in [-0.15, -0.1) is 0 Å². The van der Waals surface area contributed by atoms with E-state index in [1.165, 1.54) is 6.20 Å². The van der Waals surface area contributed by atoms with Crippen LogP contribution in [-0.4, -0.2) is 17.1 Å². The fourth-order valence-electron chi connectivity index (χ4n) is 1.50. The van der Waals surface area contributed by atoms with Crippen molar-refractivity contribution in [2.45, 2.75) is 18.0 Å². The van der Waals surface area contributed by atoms with Gasteiger partial charge in [0.05, 0.1) is 5.69 Å². The second-order valence-electron chi connectivity index (χ2n) is 3.22. The minimum absolute atomic E-state index is 0.166. The molecule has 0 saturated heterocycles. The molecule has 1 heterocycles. The number of amides is 1. The van der Waals surface area contributed by atoms with Crippen LogP contribution < -0.4 is 5.73 Å². The van der Waals surface area contributed by atoms with Crippen LogP contribution in [0.2, 0.25) is 0 Å². The van der Waals surface area contributed by atoms with Crippen LogP contribution in [0.1, 0.15) is 12.1 Å². The predicted molar refractivity (Wildman–Crippen MR) is 44.6 cm³/mol. The number of hydrogen-bond acceptors (Lipinski definition) is 2. The van der Waals surface area contributed by atoms with E-state index >= 15 is 0 Å². The molecular formula is C9H9FN2O. The lowest BCUT2D eigenvalue weighted by Crippen LogP contribution is -2.31. The van der Waals surface area contributed by atoms with E-state index in [-0.39, 0.29) is 6.42 Å². The molecule has 0 spiro atoms. The maximum Gasteiger partial charge on any atom is 0.232 e. The Morgan fingerprint density at radius 3 is 2.77 bits per heavy atom. The van der Waals surface area contributed by atoms with E-state index in [4.69, 9.17) is 5.73 Å². The Morgan fingerprint density at radius 1 is 1.69 bits per heavy atom. The largest absolute Gasteiger partial charge is 0.369 e. The molecule has 68 valence electrons. The Kier molecular flexibility index (Phi) is 1.58. The number of nitrogens with zero attached hydrogens (tertiary/aromatic N) is 1. The normalized spacial score (nSPS) is 31.3. The van der Waals surface area contributed by atoms with Crippen molar-refractivity contribution >= 4 is 5.91 Å². The first kappa shape index (κ1) is 8.16. The lowest BCUT2D eigenvalue weighted by atomic mass is 10.0. The van der Waals surface area contributed by atoms with E-state index in [1.54, 1.807) is 18.2 Å². The summed E-state index contributed by atoms with van der Waals surface area (Å²) in [7, 11) is 0. The van der Waals surface area contributed by atoms with Crippen molar-refractivity contribution in [1.82, 2.24) is 4.98 Å². The Labute approximate surface area is 74.8 Å². The molecule has 1 aromatic rings. The highest BCUT2D eigenvalue weighted by molar-refractivity contribution is 5.90. The lowest BCUT2D eigenvalue weighted by Gasteiger charge is -2.08. The van der Waals surface area contributed by atoms with Gasteiger partial charge in [0.25, 0.3) is 0 Å². The average molecular weight is 180 g/mol. The van der Waals surface area contributed by atoms with E-state index in [2.05, 4.69) is 4.98 Å². The van der Waals surface area contributed by atoms with Crippen LogP contribution in [0.15, 0.2) is 24.4 Å². The highest BCUT2D eigenvalue weighted by atomic mass is 19.1. The zero-order valence-electron chi connectivity index (χ0n) is 6.90. The summed E-state index contributed by atoms with van der Waals surface area (Å²) < 4.78 is 13.0. The molecule has 2 atom stereocenters. The van der Waals surface area contributed by atoms with Crippen LogP contribution in [0.3, 0.4) is 0 Å². The molecule has 0 aromatic carbocycles. The summed E-state index contributed by atoms with van der Waals surface area (Å²) in [4.78, 5) is 15.0. The van der Waals surface area contributed by atoms with Crippen LogP contribution in [0, 0.1) is 0 Å². The number of halogens is 1. The quantitative estimate of drug-likeness (QED) is 0.722. The Morgan fingerprint density at radius 2 is 2.38 bits per heavy atom. The first-order chi connectivity index (χ1) is 6.18. The molecule has 1 amide bonds. The van der Waals surface area contributed by atoms with Gasteiger partial charge in [-0.25, -0.2) is 4.39 Å². The van der Waals surface area contributed by atoms with E-state index in [1.807, 2.05) is 0 Å². The number of carbonyl (C=O) groups is 1. The number of alkyl halides is 1. The van der Waals surface area contributed by atoms with Crippen molar-refractivity contribution in [2.75, 3.05) is 0 Å². The maximum atomic E-state index is 13.0. The summed E-state index contributed by atoms with van der Waals surface area (Å²) >= 11 is 0. The molecule has 0 radical (unpaired) electrons. The summed E-state index contributed by atoms with van der Waals surface area (Å²) in [6.45, 7) is 0. The molecule has 1 aromatic heterocycles. The topological polar surface area (TPSA) is 56.0 Å². The highest BCUT2D eigenvalue weighted by Crippen LogP contribution is 2.49. The second kappa shape index (κ2) is 2.52. The summed E-state index contributed by atoms with van der Waals surface area (Å²) in [6.07, 6.45) is 0.532. The van der Waals surface area contributed by atoms with Crippen LogP contribution >= 0.6 is 0 Å². The minimum Gasteiger partial charge on any atom is -0.369 e. The number of aromatic nitrogens is 1. The van der Waals surface area contributed by atoms with Gasteiger partial charge in [0, 0.05) is 12.6 Å². The van der Waals surface area contributed by atoms with Crippen molar-refractivity contribution in [3.63, 3.8) is 0 Å². The van der Waals surface area contributed by atoms with Gasteiger partial charge in [-0.1, -0.05) is 6.07 Å². The number of hydrogen-bond donors (Lipinski definition) is 1. The molecule has 3 nitrogen and oxygen atoms in total. The molecule has 2 rings (SSSR count). The van der Waals surface area contributed by atoms with Crippen molar-refractivity contribution in [1.29, 1.82) is 0 Å². The van der Waals surface area contributed by atoms with Crippen LogP contribution in [0.4, 0.5) is 4.39 Å². The third kappa shape index (κ3) is 1.02. The minimum atomic E-state index is -1.17.